The fraction of sp³-hybridized carbons (Fsp3) is 0. The lowest BCUT2D eigenvalue weighted by Gasteiger charge is -2.15. The summed E-state index contributed by atoms with van der Waals surface area (Å²) in [7, 11) is 0. The van der Waals surface area contributed by atoms with Crippen molar-refractivity contribution in [3.63, 3.8) is 0 Å². The van der Waals surface area contributed by atoms with Crippen LogP contribution in [0.15, 0.2) is 188 Å². The van der Waals surface area contributed by atoms with Crippen LogP contribution in [0.1, 0.15) is 0 Å². The molecule has 0 fully saturated rings. The van der Waals surface area contributed by atoms with E-state index in [2.05, 4.69) is 161 Å². The fourth-order valence-electron chi connectivity index (χ4n) is 8.10. The lowest BCUT2D eigenvalue weighted by Crippen LogP contribution is -2.02. The van der Waals surface area contributed by atoms with Crippen molar-refractivity contribution in [3.8, 4) is 45.5 Å². The van der Waals surface area contributed by atoms with E-state index >= 15 is 0 Å². The van der Waals surface area contributed by atoms with Gasteiger partial charge in [-0.25, -0.2) is 15.0 Å². The molecule has 11 rings (SSSR count). The van der Waals surface area contributed by atoms with Gasteiger partial charge in [0.25, 0.3) is 0 Å². The minimum atomic E-state index is 0.633. The molecule has 0 aliphatic rings. The Morgan fingerprint density at radius 2 is 0.759 bits per heavy atom. The first kappa shape index (κ1) is 30.3. The zero-order valence-corrected chi connectivity index (χ0v) is 29.1. The maximum absolute atomic E-state index is 5.17. The summed E-state index contributed by atoms with van der Waals surface area (Å²) < 4.78 is 4.80. The summed E-state index contributed by atoms with van der Waals surface area (Å²) in [5.74, 6) is 1.91. The van der Waals surface area contributed by atoms with Crippen molar-refractivity contribution in [2.24, 2.45) is 0 Å². The summed E-state index contributed by atoms with van der Waals surface area (Å²) in [6, 6.07) is 66.2. The van der Waals surface area contributed by atoms with Gasteiger partial charge in [-0.15, -0.1) is 0 Å². The summed E-state index contributed by atoms with van der Waals surface area (Å²) in [5, 5.41) is 7.08. The number of rotatable bonds is 5. The van der Waals surface area contributed by atoms with Gasteiger partial charge in [-0.1, -0.05) is 140 Å². The van der Waals surface area contributed by atoms with Crippen LogP contribution in [0.4, 0.5) is 0 Å². The highest BCUT2D eigenvalue weighted by Gasteiger charge is 2.21. The molecule has 0 saturated heterocycles. The van der Waals surface area contributed by atoms with E-state index in [0.717, 1.165) is 55.4 Å². The molecule has 0 radical (unpaired) electrons. The Bertz CT molecular complexity index is 3140. The molecule has 0 spiro atoms. The van der Waals surface area contributed by atoms with Gasteiger partial charge in [0.2, 0.25) is 0 Å². The van der Waals surface area contributed by atoms with Crippen LogP contribution in [0.3, 0.4) is 0 Å². The van der Waals surface area contributed by atoms with Gasteiger partial charge >= 0.3 is 0 Å². The predicted molar refractivity (Wildman–Crippen MR) is 222 cm³/mol. The van der Waals surface area contributed by atoms with Crippen molar-refractivity contribution in [2.45, 2.75) is 0 Å². The number of nitrogens with zero attached hydrogens (tertiary/aromatic N) is 5. The van der Waals surface area contributed by atoms with Gasteiger partial charge in [0, 0.05) is 49.6 Å². The molecule has 0 aliphatic carbocycles. The quantitative estimate of drug-likeness (QED) is 0.181. The molecule has 54 heavy (non-hydrogen) atoms. The molecule has 0 saturated carbocycles. The molecular formula is C49H31N5. The van der Waals surface area contributed by atoms with E-state index in [0.29, 0.717) is 17.5 Å². The van der Waals surface area contributed by atoms with Crippen LogP contribution in [-0.2, 0) is 0 Å². The zero-order valence-electron chi connectivity index (χ0n) is 29.1. The lowest BCUT2D eigenvalue weighted by molar-refractivity contribution is 1.07. The van der Waals surface area contributed by atoms with Crippen molar-refractivity contribution < 1.29 is 0 Å². The number of hydrogen-bond acceptors (Lipinski definition) is 3. The summed E-state index contributed by atoms with van der Waals surface area (Å²) in [5.41, 5.74) is 9.64. The maximum atomic E-state index is 5.17. The largest absolute Gasteiger partial charge is 0.309 e. The molecule has 0 atom stereocenters. The zero-order chi connectivity index (χ0) is 35.6. The standard InChI is InChI=1S/C49H31N5/c1-4-16-32(17-5-1)47-50-48(33-18-6-2-7-19-33)52-49(51-47)42-29-36(28-34-20-10-11-23-37(34)42)54-44-27-15-13-25-39(44)41-30-40-38-24-12-14-26-43(38)53(45(40)31-46(41)54)35-21-8-3-9-22-35/h1-31H. The van der Waals surface area contributed by atoms with Crippen LogP contribution in [0.2, 0.25) is 0 Å². The summed E-state index contributed by atoms with van der Waals surface area (Å²) in [6.07, 6.45) is 0. The first-order valence-corrected chi connectivity index (χ1v) is 18.2. The molecule has 252 valence electrons. The smallest absolute Gasteiger partial charge is 0.164 e. The highest BCUT2D eigenvalue weighted by molar-refractivity contribution is 6.19. The molecular weight excluding hydrogens is 659 g/mol. The molecule has 0 bridgehead atoms. The van der Waals surface area contributed by atoms with Crippen LogP contribution in [0.5, 0.6) is 0 Å². The van der Waals surface area contributed by atoms with Crippen LogP contribution >= 0.6 is 0 Å². The van der Waals surface area contributed by atoms with Crippen LogP contribution in [0.25, 0.3) is 99.9 Å². The van der Waals surface area contributed by atoms with E-state index in [1.807, 2.05) is 36.4 Å². The fourth-order valence-corrected chi connectivity index (χ4v) is 8.10. The van der Waals surface area contributed by atoms with E-state index in [1.54, 1.807) is 0 Å². The monoisotopic (exact) mass is 689 g/mol. The van der Waals surface area contributed by atoms with Crippen LogP contribution in [-0.4, -0.2) is 24.1 Å². The Morgan fingerprint density at radius 1 is 0.296 bits per heavy atom. The van der Waals surface area contributed by atoms with Gasteiger partial charge in [-0.3, -0.25) is 0 Å². The third-order valence-corrected chi connectivity index (χ3v) is 10.5. The molecule has 0 N–H and O–H groups in total. The first-order valence-electron chi connectivity index (χ1n) is 18.2. The molecule has 0 amide bonds. The Hall–Kier alpha value is -7.37. The lowest BCUT2D eigenvalue weighted by atomic mass is 10.0. The second kappa shape index (κ2) is 12.1. The van der Waals surface area contributed by atoms with E-state index in [4.69, 9.17) is 15.0 Å². The van der Waals surface area contributed by atoms with Crippen molar-refractivity contribution in [1.29, 1.82) is 0 Å². The van der Waals surface area contributed by atoms with Gasteiger partial charge in [-0.05, 0) is 59.3 Å². The third kappa shape index (κ3) is 4.76. The predicted octanol–water partition coefficient (Wildman–Crippen LogP) is 12.2. The molecule has 11 aromatic rings. The molecule has 3 heterocycles. The average molecular weight is 690 g/mol. The minimum absolute atomic E-state index is 0.633. The van der Waals surface area contributed by atoms with E-state index < -0.39 is 0 Å². The van der Waals surface area contributed by atoms with E-state index in [1.165, 1.54) is 27.1 Å². The second-order valence-corrected chi connectivity index (χ2v) is 13.7. The van der Waals surface area contributed by atoms with Crippen molar-refractivity contribution in [3.05, 3.63) is 188 Å². The Balaban J connectivity index is 1.22. The SMILES string of the molecule is c1ccc(-c2nc(-c3ccccc3)nc(-c3cc(-n4c5ccccc5c5cc6c7ccccc7n(-c7ccccc7)c6cc54)cc4ccccc34)n2)cc1. The van der Waals surface area contributed by atoms with Gasteiger partial charge in [0.15, 0.2) is 17.5 Å². The normalized spacial score (nSPS) is 11.7. The van der Waals surface area contributed by atoms with Gasteiger partial charge in [-0.2, -0.15) is 0 Å². The minimum Gasteiger partial charge on any atom is -0.309 e. The molecule has 8 aromatic carbocycles. The van der Waals surface area contributed by atoms with E-state index in [9.17, 15) is 0 Å². The molecule has 5 nitrogen and oxygen atoms in total. The number of fused-ring (bicyclic) bond motifs is 7. The number of benzene rings is 8. The van der Waals surface area contributed by atoms with Crippen molar-refractivity contribution in [1.82, 2.24) is 24.1 Å². The molecule has 3 aromatic heterocycles. The van der Waals surface area contributed by atoms with Crippen LogP contribution in [0, 0.1) is 0 Å². The highest BCUT2D eigenvalue weighted by atomic mass is 15.0. The Kier molecular flexibility index (Phi) is 6.79. The number of hydrogen-bond donors (Lipinski definition) is 0. The topological polar surface area (TPSA) is 48.5 Å². The molecule has 5 heteroatoms. The summed E-state index contributed by atoms with van der Waals surface area (Å²) >= 11 is 0. The number of aromatic nitrogens is 5. The van der Waals surface area contributed by atoms with Crippen LogP contribution < -0.4 is 0 Å². The van der Waals surface area contributed by atoms with Gasteiger partial charge < -0.3 is 9.13 Å². The number of para-hydroxylation sites is 3. The summed E-state index contributed by atoms with van der Waals surface area (Å²) in [4.78, 5) is 15.3. The summed E-state index contributed by atoms with van der Waals surface area (Å²) in [6.45, 7) is 0. The Morgan fingerprint density at radius 3 is 1.35 bits per heavy atom. The average Bonchev–Trinajstić information content (AvgIpc) is 3.75. The molecule has 0 unspecified atom stereocenters. The third-order valence-electron chi connectivity index (χ3n) is 10.5. The van der Waals surface area contributed by atoms with Gasteiger partial charge in [0.1, 0.15) is 0 Å². The second-order valence-electron chi connectivity index (χ2n) is 13.7. The Labute approximate surface area is 311 Å². The van der Waals surface area contributed by atoms with Gasteiger partial charge in [0.05, 0.1) is 22.1 Å². The highest BCUT2D eigenvalue weighted by Crippen LogP contribution is 2.41. The first-order chi connectivity index (χ1) is 26.8. The van der Waals surface area contributed by atoms with E-state index in [-0.39, 0.29) is 0 Å². The van der Waals surface area contributed by atoms with Crippen molar-refractivity contribution in [2.75, 3.05) is 0 Å². The maximum Gasteiger partial charge on any atom is 0.164 e. The molecule has 0 aliphatic heterocycles. The van der Waals surface area contributed by atoms with Crippen molar-refractivity contribution >= 4 is 54.4 Å².